The van der Waals surface area contributed by atoms with Crippen molar-refractivity contribution in [3.05, 3.63) is 93.9 Å². The van der Waals surface area contributed by atoms with Crippen molar-refractivity contribution in [2.24, 2.45) is 0 Å². The standard InChI is InChI=1S/C27H20ClN3O4S2/c1-35-18-12-10-17(11-13-18)29-22(32)15-30-21-9-5-3-7-19(21)23(25(30)33)24-26(34)31(27(36)37-24)14-16-6-2-4-8-20(16)28/h2-13H,14-15H2,1H3,(H,29,32). The molecule has 2 aliphatic heterocycles. The average molecular weight is 550 g/mol. The van der Waals surface area contributed by atoms with Gasteiger partial charge < -0.3 is 10.1 Å². The number of hydrogen-bond donors (Lipinski definition) is 1. The van der Waals surface area contributed by atoms with Gasteiger partial charge in [-0.05, 0) is 42.0 Å². The van der Waals surface area contributed by atoms with Gasteiger partial charge in [0.05, 0.1) is 29.8 Å². The highest BCUT2D eigenvalue weighted by atomic mass is 35.5. The lowest BCUT2D eigenvalue weighted by atomic mass is 10.1. The molecule has 0 radical (unpaired) electrons. The second-order valence-corrected chi connectivity index (χ2v) is 10.3. The molecule has 3 aromatic carbocycles. The molecule has 0 unspecified atom stereocenters. The number of methoxy groups -OCH3 is 1. The minimum Gasteiger partial charge on any atom is -0.497 e. The van der Waals surface area contributed by atoms with E-state index in [4.69, 9.17) is 28.6 Å². The third-order valence-electron chi connectivity index (χ3n) is 5.96. The number of ether oxygens (including phenoxy) is 1. The molecular weight excluding hydrogens is 530 g/mol. The molecule has 0 atom stereocenters. The van der Waals surface area contributed by atoms with E-state index in [0.717, 1.165) is 17.3 Å². The second-order valence-electron chi connectivity index (χ2n) is 8.24. The third-order valence-corrected chi connectivity index (χ3v) is 7.78. The molecular formula is C27H20ClN3O4S2. The molecule has 37 heavy (non-hydrogen) atoms. The average Bonchev–Trinajstić information content (AvgIpc) is 3.33. The summed E-state index contributed by atoms with van der Waals surface area (Å²) in [5.41, 5.74) is 2.71. The van der Waals surface area contributed by atoms with Gasteiger partial charge in [0.2, 0.25) is 5.91 Å². The highest BCUT2D eigenvalue weighted by Crippen LogP contribution is 2.45. The van der Waals surface area contributed by atoms with Crippen molar-refractivity contribution in [2.75, 3.05) is 23.9 Å². The number of carbonyl (C=O) groups excluding carboxylic acids is 3. The Morgan fingerprint density at radius 1 is 0.973 bits per heavy atom. The van der Waals surface area contributed by atoms with Crippen molar-refractivity contribution in [1.82, 2.24) is 4.90 Å². The molecule has 3 amide bonds. The minimum absolute atomic E-state index is 0.199. The molecule has 1 saturated heterocycles. The number of benzene rings is 3. The van der Waals surface area contributed by atoms with E-state index in [-0.39, 0.29) is 35.4 Å². The molecule has 0 saturated carbocycles. The molecule has 0 aliphatic carbocycles. The van der Waals surface area contributed by atoms with E-state index in [1.807, 2.05) is 18.2 Å². The second kappa shape index (κ2) is 10.4. The number of amides is 3. The zero-order valence-electron chi connectivity index (χ0n) is 19.6. The number of hydrogen-bond acceptors (Lipinski definition) is 6. The number of thioether (sulfide) groups is 1. The van der Waals surface area contributed by atoms with Crippen molar-refractivity contribution in [2.45, 2.75) is 6.54 Å². The first-order valence-electron chi connectivity index (χ1n) is 11.2. The Balaban J connectivity index is 1.41. The number of para-hydroxylation sites is 1. The summed E-state index contributed by atoms with van der Waals surface area (Å²) in [7, 11) is 1.56. The Labute approximate surface area is 228 Å². The maximum absolute atomic E-state index is 13.6. The largest absolute Gasteiger partial charge is 0.497 e. The van der Waals surface area contributed by atoms with Gasteiger partial charge in [-0.1, -0.05) is 72.0 Å². The lowest BCUT2D eigenvalue weighted by molar-refractivity contribution is -0.122. The Bertz CT molecular complexity index is 1470. The number of fused-ring (bicyclic) bond motifs is 1. The summed E-state index contributed by atoms with van der Waals surface area (Å²) in [6.07, 6.45) is 0. The van der Waals surface area contributed by atoms with Crippen LogP contribution in [0.15, 0.2) is 77.7 Å². The normalized spacial score (nSPS) is 16.9. The number of halogens is 1. The predicted octanol–water partition coefficient (Wildman–Crippen LogP) is 5.11. The summed E-state index contributed by atoms with van der Waals surface area (Å²) in [5, 5.41) is 3.32. The molecule has 186 valence electrons. The van der Waals surface area contributed by atoms with Gasteiger partial charge in [0.15, 0.2) is 0 Å². The fourth-order valence-electron chi connectivity index (χ4n) is 4.16. The van der Waals surface area contributed by atoms with Crippen LogP contribution in [0.2, 0.25) is 5.02 Å². The lowest BCUT2D eigenvalue weighted by Crippen LogP contribution is -2.35. The lowest BCUT2D eigenvalue weighted by Gasteiger charge is -2.17. The predicted molar refractivity (Wildman–Crippen MR) is 150 cm³/mol. The molecule has 3 aromatic rings. The maximum Gasteiger partial charge on any atom is 0.267 e. The Hall–Kier alpha value is -3.66. The number of rotatable bonds is 6. The molecule has 2 heterocycles. The Morgan fingerprint density at radius 3 is 2.41 bits per heavy atom. The van der Waals surface area contributed by atoms with E-state index in [9.17, 15) is 14.4 Å². The van der Waals surface area contributed by atoms with Crippen LogP contribution in [0, 0.1) is 0 Å². The molecule has 1 N–H and O–H groups in total. The van der Waals surface area contributed by atoms with E-state index in [1.165, 1.54) is 9.80 Å². The number of carbonyl (C=O) groups is 3. The van der Waals surface area contributed by atoms with Gasteiger partial charge >= 0.3 is 0 Å². The van der Waals surface area contributed by atoms with E-state index < -0.39 is 5.91 Å². The van der Waals surface area contributed by atoms with Crippen LogP contribution in [0.1, 0.15) is 11.1 Å². The summed E-state index contributed by atoms with van der Waals surface area (Å²) in [4.78, 5) is 43.0. The van der Waals surface area contributed by atoms with Crippen molar-refractivity contribution in [1.29, 1.82) is 0 Å². The number of nitrogens with one attached hydrogen (secondary N) is 1. The first-order valence-corrected chi connectivity index (χ1v) is 12.8. The maximum atomic E-state index is 13.6. The van der Waals surface area contributed by atoms with Crippen LogP contribution in [-0.2, 0) is 20.9 Å². The molecule has 0 aromatic heterocycles. The van der Waals surface area contributed by atoms with Crippen molar-refractivity contribution in [3.63, 3.8) is 0 Å². The number of thiocarbonyl (C=S) groups is 1. The van der Waals surface area contributed by atoms with Gasteiger partial charge in [0, 0.05) is 16.3 Å². The van der Waals surface area contributed by atoms with Crippen molar-refractivity contribution < 1.29 is 19.1 Å². The van der Waals surface area contributed by atoms with Gasteiger partial charge in [-0.15, -0.1) is 0 Å². The zero-order valence-corrected chi connectivity index (χ0v) is 22.0. The summed E-state index contributed by atoms with van der Waals surface area (Å²) in [5.74, 6) is -0.499. The quantitative estimate of drug-likeness (QED) is 0.340. The van der Waals surface area contributed by atoms with E-state index in [1.54, 1.807) is 61.7 Å². The van der Waals surface area contributed by atoms with E-state index in [2.05, 4.69) is 5.32 Å². The Morgan fingerprint density at radius 2 is 1.68 bits per heavy atom. The molecule has 7 nitrogen and oxygen atoms in total. The fourth-order valence-corrected chi connectivity index (χ4v) is 5.68. The van der Waals surface area contributed by atoms with Gasteiger partial charge in [-0.25, -0.2) is 0 Å². The monoisotopic (exact) mass is 549 g/mol. The highest BCUT2D eigenvalue weighted by molar-refractivity contribution is 8.26. The van der Waals surface area contributed by atoms with Crippen LogP contribution in [0.4, 0.5) is 11.4 Å². The molecule has 0 spiro atoms. The van der Waals surface area contributed by atoms with Crippen molar-refractivity contribution in [3.8, 4) is 5.75 Å². The smallest absolute Gasteiger partial charge is 0.267 e. The van der Waals surface area contributed by atoms with Crippen LogP contribution < -0.4 is 15.0 Å². The van der Waals surface area contributed by atoms with E-state index >= 15 is 0 Å². The summed E-state index contributed by atoms with van der Waals surface area (Å²) in [6, 6.07) is 21.2. The Kier molecular flexibility index (Phi) is 7.01. The van der Waals surface area contributed by atoms with Gasteiger partial charge in [-0.2, -0.15) is 0 Å². The zero-order chi connectivity index (χ0) is 26.1. The van der Waals surface area contributed by atoms with E-state index in [0.29, 0.717) is 32.0 Å². The molecule has 5 rings (SSSR count). The van der Waals surface area contributed by atoms with Crippen LogP contribution in [0.3, 0.4) is 0 Å². The van der Waals surface area contributed by atoms with Crippen LogP contribution in [0.25, 0.3) is 5.57 Å². The van der Waals surface area contributed by atoms with Crippen LogP contribution in [0.5, 0.6) is 5.75 Å². The van der Waals surface area contributed by atoms with Gasteiger partial charge in [0.25, 0.3) is 11.8 Å². The van der Waals surface area contributed by atoms with Crippen LogP contribution in [-0.4, -0.2) is 40.6 Å². The third kappa shape index (κ3) is 4.85. The minimum atomic E-state index is -0.427. The van der Waals surface area contributed by atoms with Gasteiger partial charge in [0.1, 0.15) is 16.6 Å². The first-order chi connectivity index (χ1) is 17.9. The summed E-state index contributed by atoms with van der Waals surface area (Å²) >= 11 is 12.9. The molecule has 10 heteroatoms. The highest BCUT2D eigenvalue weighted by Gasteiger charge is 2.42. The van der Waals surface area contributed by atoms with Crippen molar-refractivity contribution >= 4 is 74.6 Å². The summed E-state index contributed by atoms with van der Waals surface area (Å²) < 4.78 is 5.48. The number of nitrogens with zero attached hydrogens (tertiary/aromatic N) is 2. The van der Waals surface area contributed by atoms with Gasteiger partial charge in [-0.3, -0.25) is 24.2 Å². The summed E-state index contributed by atoms with van der Waals surface area (Å²) in [6.45, 7) is -0.0176. The molecule has 2 aliphatic rings. The van der Waals surface area contributed by atoms with Crippen LogP contribution >= 0.6 is 35.6 Å². The molecule has 0 bridgehead atoms. The first kappa shape index (κ1) is 25.0. The SMILES string of the molecule is COc1ccc(NC(=O)CN2C(=O)C(=C3SC(=S)N(Cc4ccccc4Cl)C3=O)c3ccccc32)cc1. The molecule has 1 fully saturated rings. The fraction of sp³-hybridized carbons (Fsp3) is 0.111. The topological polar surface area (TPSA) is 79.0 Å². The number of anilines is 2.